The van der Waals surface area contributed by atoms with Gasteiger partial charge in [0.05, 0.1) is 5.41 Å². The standard InChI is InChI=1S/C12H17NO.C6H12O2.C6H12O.H2O/c1-3-10(2)12(14)13-9-11-7-5-4-6-8-11;1-4-6(2,3)5(7)8;1-4-6(2,3)5-7;/h4-8,10H,3,9H2,1-2H3,(H,13,14);4H2,1-3H3,(H,7,8);5H,4H2,1-3H3;1H2. The number of carbonyl (C=O) groups is 3. The van der Waals surface area contributed by atoms with Gasteiger partial charge in [0.25, 0.3) is 0 Å². The average molecular weight is 426 g/mol. The van der Waals surface area contributed by atoms with E-state index < -0.39 is 11.4 Å². The second-order valence-corrected chi connectivity index (χ2v) is 8.52. The summed E-state index contributed by atoms with van der Waals surface area (Å²) in [6.45, 7) is 15.8. The predicted molar refractivity (Wildman–Crippen MR) is 123 cm³/mol. The van der Waals surface area contributed by atoms with Crippen molar-refractivity contribution in [3.8, 4) is 0 Å². The Balaban J connectivity index is -0.000000393. The molecule has 30 heavy (non-hydrogen) atoms. The van der Waals surface area contributed by atoms with E-state index in [0.29, 0.717) is 13.0 Å². The van der Waals surface area contributed by atoms with Crippen LogP contribution in [0.1, 0.15) is 80.2 Å². The van der Waals surface area contributed by atoms with Crippen LogP contribution in [0.2, 0.25) is 0 Å². The van der Waals surface area contributed by atoms with Crippen LogP contribution in [-0.4, -0.2) is 28.7 Å². The van der Waals surface area contributed by atoms with Crippen LogP contribution in [0.15, 0.2) is 30.3 Å². The van der Waals surface area contributed by atoms with Gasteiger partial charge in [-0.3, -0.25) is 9.59 Å². The third kappa shape index (κ3) is 15.7. The van der Waals surface area contributed by atoms with Gasteiger partial charge in [-0.05, 0) is 38.7 Å². The summed E-state index contributed by atoms with van der Waals surface area (Å²) in [5.74, 6) is -0.477. The summed E-state index contributed by atoms with van der Waals surface area (Å²) in [7, 11) is 0. The van der Waals surface area contributed by atoms with Gasteiger partial charge in [-0.15, -0.1) is 0 Å². The van der Waals surface area contributed by atoms with Crippen molar-refractivity contribution in [1.82, 2.24) is 5.32 Å². The normalized spacial score (nSPS) is 11.3. The zero-order valence-electron chi connectivity index (χ0n) is 20.0. The number of aliphatic carboxylic acids is 1. The van der Waals surface area contributed by atoms with E-state index in [4.69, 9.17) is 5.11 Å². The third-order valence-corrected chi connectivity index (χ3v) is 5.06. The van der Waals surface area contributed by atoms with Gasteiger partial charge in [0, 0.05) is 17.9 Å². The highest BCUT2D eigenvalue weighted by molar-refractivity contribution is 5.78. The molecule has 0 saturated carbocycles. The fourth-order valence-corrected chi connectivity index (χ4v) is 1.38. The highest BCUT2D eigenvalue weighted by Gasteiger charge is 2.23. The van der Waals surface area contributed by atoms with Gasteiger partial charge in [-0.1, -0.05) is 71.9 Å². The van der Waals surface area contributed by atoms with Crippen LogP contribution in [0.25, 0.3) is 0 Å². The van der Waals surface area contributed by atoms with Crippen molar-refractivity contribution in [2.45, 2.75) is 81.2 Å². The van der Waals surface area contributed by atoms with Gasteiger partial charge >= 0.3 is 5.97 Å². The van der Waals surface area contributed by atoms with Crippen LogP contribution in [-0.2, 0) is 20.9 Å². The minimum atomic E-state index is -0.722. The Bertz CT molecular complexity index is 597. The molecule has 1 amide bonds. The molecule has 0 aliphatic carbocycles. The zero-order valence-corrected chi connectivity index (χ0v) is 20.0. The molecule has 1 atom stereocenters. The number of amides is 1. The van der Waals surface area contributed by atoms with Gasteiger partial charge in [0.15, 0.2) is 0 Å². The van der Waals surface area contributed by atoms with E-state index in [1.165, 1.54) is 0 Å². The van der Waals surface area contributed by atoms with Crippen LogP contribution in [0, 0.1) is 16.7 Å². The van der Waals surface area contributed by atoms with Crippen LogP contribution in [0.3, 0.4) is 0 Å². The summed E-state index contributed by atoms with van der Waals surface area (Å²) in [5, 5.41) is 11.4. The lowest BCUT2D eigenvalue weighted by molar-refractivity contribution is -0.147. The maximum absolute atomic E-state index is 11.4. The maximum atomic E-state index is 11.4. The lowest BCUT2D eigenvalue weighted by Gasteiger charge is -2.14. The molecule has 0 saturated heterocycles. The van der Waals surface area contributed by atoms with Gasteiger partial charge in [0.2, 0.25) is 5.91 Å². The number of rotatable bonds is 8. The van der Waals surface area contributed by atoms with E-state index in [0.717, 1.165) is 24.7 Å². The van der Waals surface area contributed by atoms with E-state index in [1.807, 2.05) is 71.9 Å². The van der Waals surface area contributed by atoms with Crippen LogP contribution in [0.4, 0.5) is 0 Å². The van der Waals surface area contributed by atoms with Crippen molar-refractivity contribution < 1.29 is 25.0 Å². The third-order valence-electron chi connectivity index (χ3n) is 5.06. The Labute approximate surface area is 182 Å². The molecule has 1 rings (SSSR count). The molecular weight excluding hydrogens is 382 g/mol. The molecule has 0 radical (unpaired) electrons. The number of aldehydes is 1. The molecule has 174 valence electrons. The second kappa shape index (κ2) is 16.6. The molecular formula is C24H43NO5. The first-order valence-electron chi connectivity index (χ1n) is 10.4. The zero-order chi connectivity index (χ0) is 23.1. The van der Waals surface area contributed by atoms with Gasteiger partial charge in [-0.25, -0.2) is 0 Å². The SMILES string of the molecule is CCC(C)(C)C(=O)O.CCC(C)(C)C=O.CCC(C)C(=O)NCc1ccccc1.O. The lowest BCUT2D eigenvalue weighted by Crippen LogP contribution is -2.28. The van der Waals surface area contributed by atoms with Crippen molar-refractivity contribution in [3.05, 3.63) is 35.9 Å². The molecule has 0 aliphatic rings. The molecule has 6 nitrogen and oxygen atoms in total. The Morgan fingerprint density at radius 2 is 1.53 bits per heavy atom. The summed E-state index contributed by atoms with van der Waals surface area (Å²) >= 11 is 0. The van der Waals surface area contributed by atoms with Crippen molar-refractivity contribution >= 4 is 18.2 Å². The first kappa shape index (κ1) is 32.5. The molecule has 6 heteroatoms. The molecule has 1 aromatic rings. The fraction of sp³-hybridized carbons (Fsp3) is 0.625. The first-order chi connectivity index (χ1) is 13.4. The van der Waals surface area contributed by atoms with E-state index in [9.17, 15) is 14.4 Å². The average Bonchev–Trinajstić information content (AvgIpc) is 2.72. The minimum Gasteiger partial charge on any atom is -0.481 e. The van der Waals surface area contributed by atoms with E-state index in [-0.39, 0.29) is 22.7 Å². The summed E-state index contributed by atoms with van der Waals surface area (Å²) < 4.78 is 0. The predicted octanol–water partition coefficient (Wildman–Crippen LogP) is 4.65. The number of carboxylic acid groups (broad SMARTS) is 1. The molecule has 1 aromatic carbocycles. The van der Waals surface area contributed by atoms with Crippen LogP contribution >= 0.6 is 0 Å². The van der Waals surface area contributed by atoms with Crippen molar-refractivity contribution in [2.75, 3.05) is 0 Å². The number of carbonyl (C=O) groups excluding carboxylic acids is 2. The first-order valence-corrected chi connectivity index (χ1v) is 10.4. The number of hydrogen-bond acceptors (Lipinski definition) is 3. The highest BCUT2D eigenvalue weighted by atomic mass is 16.4. The molecule has 0 bridgehead atoms. The maximum Gasteiger partial charge on any atom is 0.309 e. The fourth-order valence-electron chi connectivity index (χ4n) is 1.38. The van der Waals surface area contributed by atoms with E-state index in [1.54, 1.807) is 13.8 Å². The van der Waals surface area contributed by atoms with Gasteiger partial charge < -0.3 is 20.7 Å². The molecule has 0 heterocycles. The van der Waals surface area contributed by atoms with Crippen LogP contribution in [0.5, 0.6) is 0 Å². The number of nitrogens with one attached hydrogen (secondary N) is 1. The van der Waals surface area contributed by atoms with Gasteiger partial charge in [-0.2, -0.15) is 0 Å². The monoisotopic (exact) mass is 425 g/mol. The summed E-state index contributed by atoms with van der Waals surface area (Å²) in [6.07, 6.45) is 3.49. The summed E-state index contributed by atoms with van der Waals surface area (Å²) in [5.41, 5.74) is 0.504. The highest BCUT2D eigenvalue weighted by Crippen LogP contribution is 2.18. The largest absolute Gasteiger partial charge is 0.481 e. The van der Waals surface area contributed by atoms with Crippen molar-refractivity contribution in [1.29, 1.82) is 0 Å². The van der Waals surface area contributed by atoms with E-state index >= 15 is 0 Å². The molecule has 4 N–H and O–H groups in total. The smallest absolute Gasteiger partial charge is 0.309 e. The van der Waals surface area contributed by atoms with Gasteiger partial charge in [0.1, 0.15) is 6.29 Å². The topological polar surface area (TPSA) is 115 Å². The minimum absolute atomic E-state index is 0. The second-order valence-electron chi connectivity index (χ2n) is 8.52. The quantitative estimate of drug-likeness (QED) is 0.590. The molecule has 0 fully saturated rings. The Hall–Kier alpha value is -2.21. The Morgan fingerprint density at radius 3 is 1.80 bits per heavy atom. The number of hydrogen-bond donors (Lipinski definition) is 2. The molecule has 1 unspecified atom stereocenters. The lowest BCUT2D eigenvalue weighted by atomic mass is 9.91. The molecule has 0 aliphatic heterocycles. The number of carboxylic acids is 1. The Morgan fingerprint density at radius 1 is 1.03 bits per heavy atom. The van der Waals surface area contributed by atoms with Crippen molar-refractivity contribution in [3.63, 3.8) is 0 Å². The van der Waals surface area contributed by atoms with Crippen molar-refractivity contribution in [2.24, 2.45) is 16.7 Å². The molecule has 0 aromatic heterocycles. The van der Waals surface area contributed by atoms with Crippen LogP contribution < -0.4 is 5.32 Å². The Kier molecular flexibility index (Phi) is 17.9. The number of benzene rings is 1. The van der Waals surface area contributed by atoms with E-state index in [2.05, 4.69) is 5.32 Å². The summed E-state index contributed by atoms with van der Waals surface area (Å²) in [4.78, 5) is 31.7. The summed E-state index contributed by atoms with van der Waals surface area (Å²) in [6, 6.07) is 9.95. The molecule has 0 spiro atoms.